The van der Waals surface area contributed by atoms with E-state index in [0.717, 1.165) is 5.69 Å². The Balaban J connectivity index is 2.58. The van der Waals surface area contributed by atoms with Gasteiger partial charge in [0.1, 0.15) is 0 Å². The monoisotopic (exact) mass is 226 g/mol. The summed E-state index contributed by atoms with van der Waals surface area (Å²) in [6.07, 6.45) is 2.12. The summed E-state index contributed by atoms with van der Waals surface area (Å²) < 4.78 is 0. The summed E-state index contributed by atoms with van der Waals surface area (Å²) in [6, 6.07) is 5.69. The first-order valence-corrected chi connectivity index (χ1v) is 5.55. The first-order valence-electron chi connectivity index (χ1n) is 5.01. The van der Waals surface area contributed by atoms with Gasteiger partial charge >= 0.3 is 0 Å². The van der Waals surface area contributed by atoms with Crippen LogP contribution in [0, 0.1) is 0 Å². The fourth-order valence-corrected chi connectivity index (χ4v) is 1.46. The number of pyridine rings is 1. The Kier molecular flexibility index (Phi) is 5.12. The molecule has 0 N–H and O–H groups in total. The van der Waals surface area contributed by atoms with Crippen molar-refractivity contribution in [3.05, 3.63) is 30.1 Å². The minimum Gasteiger partial charge on any atom is -0.337 e. The van der Waals surface area contributed by atoms with E-state index in [9.17, 15) is 4.79 Å². The van der Waals surface area contributed by atoms with Crippen LogP contribution < -0.4 is 0 Å². The number of carbonyl (C=O) groups is 1. The number of hydrogen-bond donors (Lipinski definition) is 0. The summed E-state index contributed by atoms with van der Waals surface area (Å²) in [5.41, 5.74) is 0.905. The highest BCUT2D eigenvalue weighted by Gasteiger charge is 2.11. The minimum absolute atomic E-state index is 0.0816. The summed E-state index contributed by atoms with van der Waals surface area (Å²) in [7, 11) is 0. The Morgan fingerprint density at radius 1 is 1.53 bits per heavy atom. The van der Waals surface area contributed by atoms with E-state index in [1.165, 1.54) is 0 Å². The zero-order chi connectivity index (χ0) is 11.1. The molecular formula is C11H15ClN2O. The standard InChI is InChI=1S/C11H15ClN2O/c1-2-14(11(15)6-7-12)9-10-5-3-4-8-13-10/h3-5,8H,2,6-7,9H2,1H3. The molecule has 4 heteroatoms. The molecule has 0 aliphatic carbocycles. The van der Waals surface area contributed by atoms with Crippen molar-refractivity contribution in [3.63, 3.8) is 0 Å². The first kappa shape index (κ1) is 12.0. The molecule has 82 valence electrons. The Bertz CT molecular complexity index is 303. The lowest BCUT2D eigenvalue weighted by atomic mass is 10.3. The van der Waals surface area contributed by atoms with E-state index in [1.54, 1.807) is 11.1 Å². The number of carbonyl (C=O) groups excluding carboxylic acids is 1. The molecule has 1 heterocycles. The predicted octanol–water partition coefficient (Wildman–Crippen LogP) is 2.06. The first-order chi connectivity index (χ1) is 7.27. The average molecular weight is 227 g/mol. The van der Waals surface area contributed by atoms with Gasteiger partial charge in [-0.05, 0) is 19.1 Å². The number of rotatable bonds is 5. The number of halogens is 1. The molecule has 1 aromatic rings. The largest absolute Gasteiger partial charge is 0.337 e. The third-order valence-electron chi connectivity index (χ3n) is 2.12. The van der Waals surface area contributed by atoms with Crippen molar-refractivity contribution in [1.29, 1.82) is 0 Å². The molecule has 0 atom stereocenters. The Morgan fingerprint density at radius 2 is 2.33 bits per heavy atom. The second kappa shape index (κ2) is 6.40. The quantitative estimate of drug-likeness (QED) is 0.721. The average Bonchev–Trinajstić information content (AvgIpc) is 2.27. The Labute approximate surface area is 95.1 Å². The molecule has 0 unspecified atom stereocenters. The minimum atomic E-state index is 0.0816. The molecule has 1 aromatic heterocycles. The van der Waals surface area contributed by atoms with Crippen molar-refractivity contribution in [1.82, 2.24) is 9.88 Å². The van der Waals surface area contributed by atoms with Gasteiger partial charge in [-0.15, -0.1) is 11.6 Å². The van der Waals surface area contributed by atoms with Gasteiger partial charge in [-0.2, -0.15) is 0 Å². The molecule has 0 aromatic carbocycles. The molecular weight excluding hydrogens is 212 g/mol. The smallest absolute Gasteiger partial charge is 0.224 e. The van der Waals surface area contributed by atoms with Crippen LogP contribution in [0.1, 0.15) is 19.0 Å². The number of hydrogen-bond acceptors (Lipinski definition) is 2. The van der Waals surface area contributed by atoms with Gasteiger partial charge in [-0.3, -0.25) is 9.78 Å². The second-order valence-corrected chi connectivity index (χ2v) is 3.55. The van der Waals surface area contributed by atoms with Gasteiger partial charge < -0.3 is 4.90 Å². The van der Waals surface area contributed by atoms with Gasteiger partial charge in [0.2, 0.25) is 5.91 Å². The highest BCUT2D eigenvalue weighted by molar-refractivity contribution is 6.18. The van der Waals surface area contributed by atoms with Crippen molar-refractivity contribution in [3.8, 4) is 0 Å². The van der Waals surface area contributed by atoms with E-state index in [-0.39, 0.29) is 5.91 Å². The summed E-state index contributed by atoms with van der Waals surface area (Å²) >= 11 is 5.54. The van der Waals surface area contributed by atoms with Gasteiger partial charge in [-0.25, -0.2) is 0 Å². The zero-order valence-electron chi connectivity index (χ0n) is 8.82. The lowest BCUT2D eigenvalue weighted by Gasteiger charge is -2.19. The maximum atomic E-state index is 11.6. The summed E-state index contributed by atoms with van der Waals surface area (Å²) in [5, 5.41) is 0. The number of aromatic nitrogens is 1. The van der Waals surface area contributed by atoms with Gasteiger partial charge in [0.25, 0.3) is 0 Å². The number of alkyl halides is 1. The van der Waals surface area contributed by atoms with Crippen molar-refractivity contribution in [2.75, 3.05) is 12.4 Å². The van der Waals surface area contributed by atoms with Gasteiger partial charge in [0.05, 0.1) is 12.2 Å². The fourth-order valence-electron chi connectivity index (χ4n) is 1.30. The molecule has 0 saturated carbocycles. The molecule has 0 radical (unpaired) electrons. The van der Waals surface area contributed by atoms with Crippen molar-refractivity contribution in [2.45, 2.75) is 19.9 Å². The van der Waals surface area contributed by atoms with Crippen LogP contribution in [-0.4, -0.2) is 28.2 Å². The predicted molar refractivity (Wildman–Crippen MR) is 60.7 cm³/mol. The van der Waals surface area contributed by atoms with Crippen LogP contribution in [0.4, 0.5) is 0 Å². The molecule has 15 heavy (non-hydrogen) atoms. The molecule has 0 spiro atoms. The third-order valence-corrected chi connectivity index (χ3v) is 2.31. The van der Waals surface area contributed by atoms with Crippen LogP contribution >= 0.6 is 11.6 Å². The fraction of sp³-hybridized carbons (Fsp3) is 0.455. The normalized spacial score (nSPS) is 10.0. The molecule has 3 nitrogen and oxygen atoms in total. The van der Waals surface area contributed by atoms with Crippen LogP contribution in [-0.2, 0) is 11.3 Å². The van der Waals surface area contributed by atoms with E-state index in [1.807, 2.05) is 25.1 Å². The summed E-state index contributed by atoms with van der Waals surface area (Å²) in [4.78, 5) is 17.5. The molecule has 1 amide bonds. The number of nitrogens with zero attached hydrogens (tertiary/aromatic N) is 2. The van der Waals surface area contributed by atoms with Crippen molar-refractivity contribution in [2.24, 2.45) is 0 Å². The van der Waals surface area contributed by atoms with Gasteiger partial charge in [0, 0.05) is 25.0 Å². The van der Waals surface area contributed by atoms with E-state index in [2.05, 4.69) is 4.98 Å². The molecule has 0 aliphatic rings. The van der Waals surface area contributed by atoms with Crippen LogP contribution in [0.3, 0.4) is 0 Å². The zero-order valence-corrected chi connectivity index (χ0v) is 9.57. The van der Waals surface area contributed by atoms with Crippen LogP contribution in [0.2, 0.25) is 0 Å². The second-order valence-electron chi connectivity index (χ2n) is 3.17. The Morgan fingerprint density at radius 3 is 2.87 bits per heavy atom. The molecule has 1 rings (SSSR count). The number of amides is 1. The van der Waals surface area contributed by atoms with Crippen molar-refractivity contribution >= 4 is 17.5 Å². The van der Waals surface area contributed by atoms with Crippen LogP contribution in [0.25, 0.3) is 0 Å². The highest BCUT2D eigenvalue weighted by atomic mass is 35.5. The van der Waals surface area contributed by atoms with E-state index in [4.69, 9.17) is 11.6 Å². The molecule has 0 aliphatic heterocycles. The van der Waals surface area contributed by atoms with E-state index in [0.29, 0.717) is 25.4 Å². The van der Waals surface area contributed by atoms with Crippen LogP contribution in [0.15, 0.2) is 24.4 Å². The van der Waals surface area contributed by atoms with E-state index >= 15 is 0 Å². The molecule has 0 fully saturated rings. The summed E-state index contributed by atoms with van der Waals surface area (Å²) in [5.74, 6) is 0.454. The summed E-state index contributed by atoms with van der Waals surface area (Å²) in [6.45, 7) is 3.20. The maximum Gasteiger partial charge on any atom is 0.224 e. The molecule has 0 saturated heterocycles. The third kappa shape index (κ3) is 3.88. The Hall–Kier alpha value is -1.09. The van der Waals surface area contributed by atoms with Crippen molar-refractivity contribution < 1.29 is 4.79 Å². The SMILES string of the molecule is CCN(Cc1ccccn1)C(=O)CCCl. The van der Waals surface area contributed by atoms with Crippen LogP contribution in [0.5, 0.6) is 0 Å². The highest BCUT2D eigenvalue weighted by Crippen LogP contribution is 2.03. The lowest BCUT2D eigenvalue weighted by Crippen LogP contribution is -2.30. The topological polar surface area (TPSA) is 33.2 Å². The maximum absolute atomic E-state index is 11.6. The molecule has 0 bridgehead atoms. The van der Waals surface area contributed by atoms with Gasteiger partial charge in [-0.1, -0.05) is 6.07 Å². The van der Waals surface area contributed by atoms with Gasteiger partial charge in [0.15, 0.2) is 0 Å². The van der Waals surface area contributed by atoms with E-state index < -0.39 is 0 Å². The lowest BCUT2D eigenvalue weighted by molar-refractivity contribution is -0.131.